The van der Waals surface area contributed by atoms with Gasteiger partial charge in [-0.1, -0.05) is 0 Å². The first kappa shape index (κ1) is 8.55. The molecule has 4 nitrogen and oxygen atoms in total. The van der Waals surface area contributed by atoms with Crippen molar-refractivity contribution in [2.75, 3.05) is 0 Å². The minimum Gasteiger partial charge on any atom is -0.478 e. The Morgan fingerprint density at radius 2 is 2.21 bits per heavy atom. The van der Waals surface area contributed by atoms with E-state index < -0.39 is 11.8 Å². The second-order valence-electron chi connectivity index (χ2n) is 2.68. The van der Waals surface area contributed by atoms with E-state index in [1.165, 1.54) is 12.3 Å². The summed E-state index contributed by atoms with van der Waals surface area (Å²) in [7, 11) is 0. The van der Waals surface area contributed by atoms with Gasteiger partial charge < -0.3 is 5.11 Å². The van der Waals surface area contributed by atoms with Crippen molar-refractivity contribution in [2.24, 2.45) is 0 Å². The van der Waals surface area contributed by atoms with Crippen LogP contribution in [0.15, 0.2) is 24.5 Å². The number of aromatic carboxylic acids is 1. The van der Waals surface area contributed by atoms with Gasteiger partial charge >= 0.3 is 5.97 Å². The summed E-state index contributed by atoms with van der Waals surface area (Å²) in [5.41, 5.74) is 0.460. The second kappa shape index (κ2) is 3.02. The van der Waals surface area contributed by atoms with Crippen molar-refractivity contribution in [3.05, 3.63) is 35.9 Å². The average molecular weight is 192 g/mol. The van der Waals surface area contributed by atoms with Gasteiger partial charge in [0.15, 0.2) is 0 Å². The van der Waals surface area contributed by atoms with Crippen molar-refractivity contribution in [3.8, 4) is 0 Å². The molecule has 0 amide bonds. The number of nitrogens with zero attached hydrogens (tertiary/aromatic N) is 2. The van der Waals surface area contributed by atoms with Gasteiger partial charge in [-0.05, 0) is 6.07 Å². The van der Waals surface area contributed by atoms with Crippen LogP contribution in [0.3, 0.4) is 0 Å². The van der Waals surface area contributed by atoms with Gasteiger partial charge in [-0.2, -0.15) is 0 Å². The Labute approximate surface area is 78.0 Å². The number of rotatable bonds is 1. The third-order valence-electron chi connectivity index (χ3n) is 1.77. The molecule has 0 saturated carbocycles. The zero-order chi connectivity index (χ0) is 10.1. The van der Waals surface area contributed by atoms with E-state index in [1.54, 1.807) is 0 Å². The Morgan fingerprint density at radius 3 is 2.93 bits per heavy atom. The Balaban J connectivity index is 2.81. The van der Waals surface area contributed by atoms with Gasteiger partial charge in [0.05, 0.1) is 17.3 Å². The Hall–Kier alpha value is -2.04. The standard InChI is InChI=1S/C9H5FN2O2/c10-5-3-7-8(12-4-5)6(9(13)14)1-2-11-7/h1-4H,(H,13,14). The van der Waals surface area contributed by atoms with Crippen LogP contribution in [0.1, 0.15) is 10.4 Å². The van der Waals surface area contributed by atoms with Crippen LogP contribution in [0, 0.1) is 5.82 Å². The molecule has 0 aromatic carbocycles. The van der Waals surface area contributed by atoms with E-state index in [0.717, 1.165) is 12.3 Å². The Bertz CT molecular complexity index is 513. The summed E-state index contributed by atoms with van der Waals surface area (Å²) < 4.78 is 12.7. The van der Waals surface area contributed by atoms with Crippen LogP contribution in [0.25, 0.3) is 11.0 Å². The number of fused-ring (bicyclic) bond motifs is 1. The van der Waals surface area contributed by atoms with Crippen molar-refractivity contribution in [1.29, 1.82) is 0 Å². The summed E-state index contributed by atoms with van der Waals surface area (Å²) in [6.45, 7) is 0. The molecule has 0 saturated heterocycles. The lowest BCUT2D eigenvalue weighted by atomic mass is 10.2. The number of carboxylic acid groups (broad SMARTS) is 1. The summed E-state index contributed by atoms with van der Waals surface area (Å²) in [5, 5.41) is 8.79. The van der Waals surface area contributed by atoms with Gasteiger partial charge in [-0.25, -0.2) is 9.18 Å². The first-order valence-electron chi connectivity index (χ1n) is 3.82. The summed E-state index contributed by atoms with van der Waals surface area (Å²) in [5.74, 6) is -1.64. The Morgan fingerprint density at radius 1 is 1.43 bits per heavy atom. The van der Waals surface area contributed by atoms with Crippen LogP contribution >= 0.6 is 0 Å². The highest BCUT2D eigenvalue weighted by atomic mass is 19.1. The molecule has 0 aliphatic carbocycles. The Kier molecular flexibility index (Phi) is 1.85. The zero-order valence-electron chi connectivity index (χ0n) is 6.94. The summed E-state index contributed by atoms with van der Waals surface area (Å²) in [6.07, 6.45) is 2.28. The average Bonchev–Trinajstić information content (AvgIpc) is 2.16. The smallest absolute Gasteiger partial charge is 0.338 e. The van der Waals surface area contributed by atoms with Crippen LogP contribution < -0.4 is 0 Å². The molecule has 1 N–H and O–H groups in total. The molecule has 0 radical (unpaired) electrons. The number of aromatic nitrogens is 2. The number of hydrogen-bond acceptors (Lipinski definition) is 3. The molecule has 2 rings (SSSR count). The van der Waals surface area contributed by atoms with Gasteiger partial charge in [0.1, 0.15) is 11.3 Å². The van der Waals surface area contributed by atoms with Crippen LogP contribution in [0.4, 0.5) is 4.39 Å². The van der Waals surface area contributed by atoms with E-state index in [0.29, 0.717) is 0 Å². The predicted molar refractivity (Wildman–Crippen MR) is 46.5 cm³/mol. The van der Waals surface area contributed by atoms with Crippen molar-refractivity contribution < 1.29 is 14.3 Å². The van der Waals surface area contributed by atoms with E-state index >= 15 is 0 Å². The molecule has 2 heterocycles. The SMILES string of the molecule is O=C(O)c1ccnc2cc(F)cnc12. The number of carboxylic acids is 1. The predicted octanol–water partition coefficient (Wildman–Crippen LogP) is 1.47. The maximum Gasteiger partial charge on any atom is 0.338 e. The molecule has 0 fully saturated rings. The van der Waals surface area contributed by atoms with Crippen molar-refractivity contribution >= 4 is 17.0 Å². The van der Waals surface area contributed by atoms with Crippen molar-refractivity contribution in [1.82, 2.24) is 9.97 Å². The van der Waals surface area contributed by atoms with Crippen molar-refractivity contribution in [2.45, 2.75) is 0 Å². The fourth-order valence-corrected chi connectivity index (χ4v) is 1.18. The minimum absolute atomic E-state index is 0.0231. The highest BCUT2D eigenvalue weighted by Crippen LogP contribution is 2.14. The molecule has 2 aromatic heterocycles. The number of hydrogen-bond donors (Lipinski definition) is 1. The zero-order valence-corrected chi connectivity index (χ0v) is 6.94. The molecular formula is C9H5FN2O2. The number of carbonyl (C=O) groups is 1. The van der Waals surface area contributed by atoms with Crippen molar-refractivity contribution in [3.63, 3.8) is 0 Å². The van der Waals surface area contributed by atoms with Crippen LogP contribution in [-0.4, -0.2) is 21.0 Å². The molecular weight excluding hydrogens is 187 g/mol. The third-order valence-corrected chi connectivity index (χ3v) is 1.77. The summed E-state index contributed by atoms with van der Waals surface area (Å²) in [6, 6.07) is 2.48. The minimum atomic E-state index is -1.10. The van der Waals surface area contributed by atoms with Crippen LogP contribution in [0.2, 0.25) is 0 Å². The molecule has 0 aliphatic heterocycles. The lowest BCUT2D eigenvalue weighted by Crippen LogP contribution is -2.00. The normalized spacial score (nSPS) is 10.4. The van der Waals surface area contributed by atoms with E-state index in [2.05, 4.69) is 9.97 Å². The molecule has 0 atom stereocenters. The van der Waals surface area contributed by atoms with Gasteiger partial charge in [0, 0.05) is 12.3 Å². The first-order valence-corrected chi connectivity index (χ1v) is 3.82. The third kappa shape index (κ3) is 1.28. The van der Waals surface area contributed by atoms with Crippen LogP contribution in [0.5, 0.6) is 0 Å². The molecule has 5 heteroatoms. The topological polar surface area (TPSA) is 63.1 Å². The van der Waals surface area contributed by atoms with Gasteiger partial charge in [0.2, 0.25) is 0 Å². The summed E-state index contributed by atoms with van der Waals surface area (Å²) >= 11 is 0. The second-order valence-corrected chi connectivity index (χ2v) is 2.68. The highest BCUT2D eigenvalue weighted by Gasteiger charge is 2.10. The van der Waals surface area contributed by atoms with E-state index in [1.807, 2.05) is 0 Å². The molecule has 2 aromatic rings. The molecule has 70 valence electrons. The maximum absolute atomic E-state index is 12.7. The largest absolute Gasteiger partial charge is 0.478 e. The number of halogens is 1. The van der Waals surface area contributed by atoms with Gasteiger partial charge in [-0.3, -0.25) is 9.97 Å². The van der Waals surface area contributed by atoms with E-state index in [-0.39, 0.29) is 16.6 Å². The van der Waals surface area contributed by atoms with E-state index in [9.17, 15) is 9.18 Å². The molecule has 0 unspecified atom stereocenters. The monoisotopic (exact) mass is 192 g/mol. The highest BCUT2D eigenvalue weighted by molar-refractivity contribution is 6.00. The fourth-order valence-electron chi connectivity index (χ4n) is 1.18. The lowest BCUT2D eigenvalue weighted by Gasteiger charge is -1.99. The lowest BCUT2D eigenvalue weighted by molar-refractivity contribution is 0.0698. The van der Waals surface area contributed by atoms with E-state index in [4.69, 9.17) is 5.11 Å². The van der Waals surface area contributed by atoms with Gasteiger partial charge in [-0.15, -0.1) is 0 Å². The first-order chi connectivity index (χ1) is 6.68. The molecule has 0 aliphatic rings. The van der Waals surface area contributed by atoms with Crippen LogP contribution in [-0.2, 0) is 0 Å². The van der Waals surface area contributed by atoms with Gasteiger partial charge in [0.25, 0.3) is 0 Å². The molecule has 0 spiro atoms. The fraction of sp³-hybridized carbons (Fsp3) is 0. The molecule has 14 heavy (non-hydrogen) atoms. The summed E-state index contributed by atoms with van der Waals surface area (Å²) in [4.78, 5) is 18.2. The maximum atomic E-state index is 12.7. The number of pyridine rings is 2. The quantitative estimate of drug-likeness (QED) is 0.743. The molecule has 0 bridgehead atoms.